The Hall–Kier alpha value is -3.16. The monoisotopic (exact) mass is 350 g/mol. The van der Waals surface area contributed by atoms with Gasteiger partial charge in [0.05, 0.1) is 23.3 Å². The van der Waals surface area contributed by atoms with E-state index in [0.29, 0.717) is 24.8 Å². The van der Waals surface area contributed by atoms with Crippen LogP contribution in [0.5, 0.6) is 0 Å². The van der Waals surface area contributed by atoms with Gasteiger partial charge >= 0.3 is 23.9 Å². The van der Waals surface area contributed by atoms with Crippen molar-refractivity contribution in [2.24, 2.45) is 0 Å². The summed E-state index contributed by atoms with van der Waals surface area (Å²) in [6.07, 6.45) is 2.32. The largest absolute Gasteiger partial charge is 0.478 e. The average Bonchev–Trinajstić information content (AvgIpc) is 2.53. The molecule has 8 nitrogen and oxygen atoms in total. The third-order valence-electron chi connectivity index (χ3n) is 3.60. The van der Waals surface area contributed by atoms with Crippen molar-refractivity contribution in [3.05, 3.63) is 46.5 Å². The molecule has 8 heteroatoms. The fourth-order valence-corrected chi connectivity index (χ4v) is 2.40. The number of carboxylic acids is 3. The van der Waals surface area contributed by atoms with Crippen LogP contribution in [0.4, 0.5) is 0 Å². The molecule has 0 aromatic heterocycles. The lowest BCUT2D eigenvalue weighted by atomic mass is 9.90. The van der Waals surface area contributed by atoms with Gasteiger partial charge in [-0.05, 0) is 43.4 Å². The van der Waals surface area contributed by atoms with Gasteiger partial charge in [-0.3, -0.25) is 0 Å². The number of rotatable bonds is 9. The molecule has 3 N–H and O–H groups in total. The molecule has 0 fully saturated rings. The van der Waals surface area contributed by atoms with Gasteiger partial charge in [0.2, 0.25) is 0 Å². The number of aryl methyl sites for hydroxylation is 1. The number of benzene rings is 1. The number of ether oxygens (including phenoxy) is 1. The Balaban J connectivity index is 3.10. The standard InChI is InChI=1S/C17H18O8/c1-3-12(18)25-7-5-4-6-10-8-11(15(19)20)14(17(23)24)13(9(10)2)16(21)22/h3,8H,1,4-7H2,2H3,(H,19,20)(H,21,22)(H,23,24). The highest BCUT2D eigenvalue weighted by atomic mass is 16.5. The Labute approximate surface area is 143 Å². The molecule has 1 aromatic carbocycles. The van der Waals surface area contributed by atoms with Crippen molar-refractivity contribution in [2.75, 3.05) is 6.61 Å². The minimum Gasteiger partial charge on any atom is -0.478 e. The van der Waals surface area contributed by atoms with Crippen LogP contribution in [0.15, 0.2) is 18.7 Å². The predicted molar refractivity (Wildman–Crippen MR) is 86.2 cm³/mol. The van der Waals surface area contributed by atoms with Crippen LogP contribution in [-0.4, -0.2) is 45.8 Å². The maximum absolute atomic E-state index is 11.4. The maximum atomic E-state index is 11.4. The summed E-state index contributed by atoms with van der Waals surface area (Å²) in [5.74, 6) is -5.18. The quantitative estimate of drug-likeness (QED) is 0.350. The van der Waals surface area contributed by atoms with Gasteiger partial charge in [0.1, 0.15) is 0 Å². The first-order valence-electron chi connectivity index (χ1n) is 7.36. The van der Waals surface area contributed by atoms with E-state index in [9.17, 15) is 34.5 Å². The lowest BCUT2D eigenvalue weighted by Crippen LogP contribution is -2.18. The number of carboxylic acid groups (broad SMARTS) is 3. The van der Waals surface area contributed by atoms with Crippen LogP contribution in [0.1, 0.15) is 55.0 Å². The molecule has 0 unspecified atom stereocenters. The fourth-order valence-electron chi connectivity index (χ4n) is 2.40. The first kappa shape index (κ1) is 19.9. The van der Waals surface area contributed by atoms with Crippen molar-refractivity contribution in [3.8, 4) is 0 Å². The van der Waals surface area contributed by atoms with E-state index in [1.165, 1.54) is 13.0 Å². The van der Waals surface area contributed by atoms with Crippen molar-refractivity contribution >= 4 is 23.9 Å². The van der Waals surface area contributed by atoms with Crippen molar-refractivity contribution in [1.82, 2.24) is 0 Å². The van der Waals surface area contributed by atoms with Crippen molar-refractivity contribution < 1.29 is 39.2 Å². The smallest absolute Gasteiger partial charge is 0.337 e. The summed E-state index contributed by atoms with van der Waals surface area (Å²) in [4.78, 5) is 45.0. The Kier molecular flexibility index (Phi) is 6.86. The molecule has 1 rings (SSSR count). The Morgan fingerprint density at radius 3 is 2.12 bits per heavy atom. The van der Waals surface area contributed by atoms with Crippen LogP contribution in [0.3, 0.4) is 0 Å². The molecule has 25 heavy (non-hydrogen) atoms. The van der Waals surface area contributed by atoms with E-state index in [4.69, 9.17) is 4.74 Å². The van der Waals surface area contributed by atoms with Gasteiger partial charge in [0.15, 0.2) is 0 Å². The second-order valence-corrected chi connectivity index (χ2v) is 5.20. The minimum atomic E-state index is -1.61. The van der Waals surface area contributed by atoms with Crippen LogP contribution in [0.2, 0.25) is 0 Å². The van der Waals surface area contributed by atoms with Gasteiger partial charge in [-0.2, -0.15) is 0 Å². The number of hydrogen-bond acceptors (Lipinski definition) is 5. The van der Waals surface area contributed by atoms with E-state index in [-0.39, 0.29) is 12.2 Å². The minimum absolute atomic E-state index is 0.148. The maximum Gasteiger partial charge on any atom is 0.337 e. The number of carbonyl (C=O) groups excluding carboxylic acids is 1. The molecular weight excluding hydrogens is 332 g/mol. The number of carbonyl (C=O) groups is 4. The van der Waals surface area contributed by atoms with Crippen LogP contribution in [-0.2, 0) is 16.0 Å². The second-order valence-electron chi connectivity index (χ2n) is 5.20. The first-order chi connectivity index (χ1) is 11.7. The number of hydrogen-bond donors (Lipinski definition) is 3. The van der Waals surface area contributed by atoms with Gasteiger partial charge in [-0.25, -0.2) is 19.2 Å². The van der Waals surface area contributed by atoms with Gasteiger partial charge in [0.25, 0.3) is 0 Å². The summed E-state index contributed by atoms with van der Waals surface area (Å²) >= 11 is 0. The SMILES string of the molecule is C=CC(=O)OCCCCc1cc(C(=O)O)c(C(=O)O)c(C(=O)O)c1C. The van der Waals surface area contributed by atoms with Gasteiger partial charge in [-0.1, -0.05) is 6.58 Å². The zero-order valence-electron chi connectivity index (χ0n) is 13.6. The Bertz CT molecular complexity index is 733. The topological polar surface area (TPSA) is 138 Å². The van der Waals surface area contributed by atoms with Crippen LogP contribution in [0, 0.1) is 6.92 Å². The summed E-state index contributed by atoms with van der Waals surface area (Å²) < 4.78 is 4.81. The van der Waals surface area contributed by atoms with Crippen LogP contribution in [0.25, 0.3) is 0 Å². The van der Waals surface area contributed by atoms with Gasteiger partial charge in [-0.15, -0.1) is 0 Å². The van der Waals surface area contributed by atoms with E-state index < -0.39 is 40.6 Å². The van der Waals surface area contributed by atoms with E-state index >= 15 is 0 Å². The molecule has 0 radical (unpaired) electrons. The summed E-state index contributed by atoms with van der Waals surface area (Å²) in [7, 11) is 0. The second kappa shape index (κ2) is 8.62. The zero-order valence-corrected chi connectivity index (χ0v) is 13.6. The Morgan fingerprint density at radius 1 is 1.04 bits per heavy atom. The highest BCUT2D eigenvalue weighted by Gasteiger charge is 2.27. The molecule has 0 saturated heterocycles. The lowest BCUT2D eigenvalue weighted by molar-refractivity contribution is -0.137. The van der Waals surface area contributed by atoms with Crippen LogP contribution < -0.4 is 0 Å². The third kappa shape index (κ3) is 4.90. The van der Waals surface area contributed by atoms with Crippen LogP contribution >= 0.6 is 0 Å². The van der Waals surface area contributed by atoms with E-state index in [1.54, 1.807) is 0 Å². The first-order valence-corrected chi connectivity index (χ1v) is 7.36. The normalized spacial score (nSPS) is 10.1. The number of unbranched alkanes of at least 4 members (excludes halogenated alkanes) is 1. The van der Waals surface area contributed by atoms with E-state index in [2.05, 4.69) is 6.58 Å². The molecule has 0 aliphatic carbocycles. The average molecular weight is 350 g/mol. The number of esters is 1. The highest BCUT2D eigenvalue weighted by molar-refractivity contribution is 6.10. The molecule has 0 amide bonds. The predicted octanol–water partition coefficient (Wildman–Crippen LogP) is 2.14. The summed E-state index contributed by atoms with van der Waals surface area (Å²) in [6, 6.07) is 1.18. The van der Waals surface area contributed by atoms with Crippen molar-refractivity contribution in [1.29, 1.82) is 0 Å². The molecule has 0 aliphatic rings. The molecule has 0 heterocycles. The molecule has 0 atom stereocenters. The van der Waals surface area contributed by atoms with Crippen molar-refractivity contribution in [2.45, 2.75) is 26.2 Å². The Morgan fingerprint density at radius 2 is 1.64 bits per heavy atom. The fraction of sp³-hybridized carbons (Fsp3) is 0.294. The van der Waals surface area contributed by atoms with E-state index in [1.807, 2.05) is 0 Å². The van der Waals surface area contributed by atoms with E-state index in [0.717, 1.165) is 6.08 Å². The molecule has 0 bridgehead atoms. The number of aromatic carboxylic acids is 3. The zero-order chi connectivity index (χ0) is 19.1. The molecule has 1 aromatic rings. The lowest BCUT2D eigenvalue weighted by Gasteiger charge is -2.14. The molecule has 0 spiro atoms. The molecule has 0 saturated carbocycles. The highest BCUT2D eigenvalue weighted by Crippen LogP contribution is 2.25. The molecule has 134 valence electrons. The summed E-state index contributed by atoms with van der Waals surface area (Å²) in [6.45, 7) is 4.85. The van der Waals surface area contributed by atoms with Crippen molar-refractivity contribution in [3.63, 3.8) is 0 Å². The third-order valence-corrected chi connectivity index (χ3v) is 3.60. The molecule has 0 aliphatic heterocycles. The summed E-state index contributed by atoms with van der Waals surface area (Å²) in [5.41, 5.74) is -1.20. The van der Waals surface area contributed by atoms with Gasteiger partial charge in [0, 0.05) is 6.08 Å². The summed E-state index contributed by atoms with van der Waals surface area (Å²) in [5, 5.41) is 27.7. The van der Waals surface area contributed by atoms with Gasteiger partial charge < -0.3 is 20.1 Å². The molecular formula is C17H18O8.